The number of anilines is 2. The number of aryl methyl sites for hydroxylation is 1. The first-order valence-electron chi connectivity index (χ1n) is 12.7. The lowest BCUT2D eigenvalue weighted by Crippen LogP contribution is -2.38. The van der Waals surface area contributed by atoms with Gasteiger partial charge in [-0.15, -0.1) is 0 Å². The largest absolute Gasteiger partial charge is 0.457 e. The molecule has 6 rings (SSSR count). The molecule has 38 heavy (non-hydrogen) atoms. The van der Waals surface area contributed by atoms with Crippen LogP contribution in [0.1, 0.15) is 29.9 Å². The zero-order chi connectivity index (χ0) is 26.1. The van der Waals surface area contributed by atoms with E-state index in [0.29, 0.717) is 6.54 Å². The third kappa shape index (κ3) is 4.68. The minimum Gasteiger partial charge on any atom is -0.457 e. The molecule has 0 aliphatic carbocycles. The van der Waals surface area contributed by atoms with Crippen molar-refractivity contribution in [2.24, 2.45) is 0 Å². The number of nitrogens with zero attached hydrogens (tertiary/aromatic N) is 5. The van der Waals surface area contributed by atoms with Crippen LogP contribution in [-0.4, -0.2) is 43.2 Å². The monoisotopic (exact) mass is 504 g/mol. The van der Waals surface area contributed by atoms with Crippen LogP contribution in [0.3, 0.4) is 0 Å². The van der Waals surface area contributed by atoms with Crippen LogP contribution < -0.4 is 10.1 Å². The number of carbonyl (C=O) groups excluding carboxylic acids is 1. The van der Waals surface area contributed by atoms with E-state index in [1.54, 1.807) is 18.9 Å². The molecule has 1 aliphatic heterocycles. The Hall–Kier alpha value is -4.72. The van der Waals surface area contributed by atoms with E-state index in [-0.39, 0.29) is 11.8 Å². The number of aromatic nitrogens is 4. The van der Waals surface area contributed by atoms with Crippen molar-refractivity contribution in [3.05, 3.63) is 97.4 Å². The number of carbonyl (C=O) groups is 1. The van der Waals surface area contributed by atoms with E-state index < -0.39 is 0 Å². The van der Waals surface area contributed by atoms with Crippen LogP contribution >= 0.6 is 0 Å². The van der Waals surface area contributed by atoms with E-state index in [4.69, 9.17) is 4.74 Å². The fourth-order valence-corrected chi connectivity index (χ4v) is 5.07. The highest BCUT2D eigenvalue weighted by atomic mass is 16.5. The molecule has 1 atom stereocenters. The van der Waals surface area contributed by atoms with E-state index in [0.717, 1.165) is 64.4 Å². The van der Waals surface area contributed by atoms with Gasteiger partial charge in [0.2, 0.25) is 5.91 Å². The Kier molecular flexibility index (Phi) is 6.21. The lowest BCUT2D eigenvalue weighted by Gasteiger charge is -2.32. The number of ether oxygens (including phenoxy) is 1. The number of benzene rings is 2. The van der Waals surface area contributed by atoms with Crippen LogP contribution in [0.15, 0.2) is 86.2 Å². The molecule has 190 valence electrons. The van der Waals surface area contributed by atoms with Crippen molar-refractivity contribution >= 4 is 33.8 Å². The van der Waals surface area contributed by atoms with Crippen molar-refractivity contribution < 1.29 is 9.53 Å². The molecule has 1 unspecified atom stereocenters. The minimum absolute atomic E-state index is 0.00797. The van der Waals surface area contributed by atoms with E-state index in [9.17, 15) is 4.79 Å². The summed E-state index contributed by atoms with van der Waals surface area (Å²) in [6.45, 7) is 7.14. The van der Waals surface area contributed by atoms with Crippen molar-refractivity contribution in [1.82, 2.24) is 24.3 Å². The summed E-state index contributed by atoms with van der Waals surface area (Å²) in [7, 11) is 0. The first-order valence-corrected chi connectivity index (χ1v) is 12.7. The molecule has 1 N–H and O–H groups in total. The number of imidazole rings is 1. The molecule has 3 aromatic heterocycles. The second-order valence-corrected chi connectivity index (χ2v) is 9.62. The van der Waals surface area contributed by atoms with E-state index in [2.05, 4.69) is 39.0 Å². The first kappa shape index (κ1) is 23.7. The fourth-order valence-electron chi connectivity index (χ4n) is 5.07. The van der Waals surface area contributed by atoms with Crippen molar-refractivity contribution in [2.75, 3.05) is 18.4 Å². The van der Waals surface area contributed by atoms with Gasteiger partial charge in [0.15, 0.2) is 0 Å². The molecule has 0 radical (unpaired) electrons. The zero-order valence-electron chi connectivity index (χ0n) is 21.2. The average molecular weight is 505 g/mol. The summed E-state index contributed by atoms with van der Waals surface area (Å²) < 4.78 is 8.09. The van der Waals surface area contributed by atoms with Gasteiger partial charge in [-0.1, -0.05) is 12.6 Å². The van der Waals surface area contributed by atoms with Gasteiger partial charge in [0.05, 0.1) is 23.6 Å². The number of pyridine rings is 1. The molecular weight excluding hydrogens is 476 g/mol. The van der Waals surface area contributed by atoms with Gasteiger partial charge < -0.3 is 19.4 Å². The summed E-state index contributed by atoms with van der Waals surface area (Å²) in [6.07, 6.45) is 10.5. The SMILES string of the molecule is C=CC(=O)N1CCCC(c2ccc3ncnc(Nc4ccc(Oc5ccn6cncc6c5)c(C)c4)c3c2)C1. The topological polar surface area (TPSA) is 84.7 Å². The molecule has 8 nitrogen and oxygen atoms in total. The number of nitrogens with one attached hydrogen (secondary N) is 1. The predicted molar refractivity (Wildman–Crippen MR) is 148 cm³/mol. The lowest BCUT2D eigenvalue weighted by atomic mass is 9.90. The summed E-state index contributed by atoms with van der Waals surface area (Å²) in [5, 5.41) is 4.42. The second-order valence-electron chi connectivity index (χ2n) is 9.62. The van der Waals surface area contributed by atoms with Crippen LogP contribution in [0.25, 0.3) is 16.4 Å². The van der Waals surface area contributed by atoms with Gasteiger partial charge in [0.25, 0.3) is 0 Å². The number of fused-ring (bicyclic) bond motifs is 2. The molecule has 0 spiro atoms. The van der Waals surface area contributed by atoms with Crippen molar-refractivity contribution in [3.63, 3.8) is 0 Å². The Morgan fingerprint density at radius 2 is 2.08 bits per heavy atom. The molecule has 0 bridgehead atoms. The van der Waals surface area contributed by atoms with Gasteiger partial charge in [-0.2, -0.15) is 0 Å². The number of likely N-dealkylation sites (tertiary alicyclic amines) is 1. The molecule has 1 aliphatic rings. The summed E-state index contributed by atoms with van der Waals surface area (Å²) in [5.74, 6) is 2.54. The Labute approximate surface area is 220 Å². The molecule has 1 amide bonds. The molecule has 8 heteroatoms. The van der Waals surface area contributed by atoms with Crippen molar-refractivity contribution in [1.29, 1.82) is 0 Å². The van der Waals surface area contributed by atoms with Crippen molar-refractivity contribution in [2.45, 2.75) is 25.7 Å². The maximum atomic E-state index is 12.2. The summed E-state index contributed by atoms with van der Waals surface area (Å²) in [5.41, 5.74) is 4.94. The van der Waals surface area contributed by atoms with Gasteiger partial charge in [-0.3, -0.25) is 4.79 Å². The quantitative estimate of drug-likeness (QED) is 0.285. The van der Waals surface area contributed by atoms with Gasteiger partial charge in [-0.05, 0) is 73.4 Å². The maximum absolute atomic E-state index is 12.2. The number of rotatable bonds is 6. The van der Waals surface area contributed by atoms with Crippen LogP contribution in [0.5, 0.6) is 11.5 Å². The minimum atomic E-state index is -0.00797. The second kappa shape index (κ2) is 9.97. The fraction of sp³-hybridized carbons (Fsp3) is 0.200. The Balaban J connectivity index is 1.24. The van der Waals surface area contributed by atoms with E-state index in [1.165, 1.54) is 11.6 Å². The Morgan fingerprint density at radius 3 is 2.95 bits per heavy atom. The Bertz CT molecular complexity index is 1660. The highest BCUT2D eigenvalue weighted by molar-refractivity contribution is 5.91. The Morgan fingerprint density at radius 1 is 1.16 bits per heavy atom. The maximum Gasteiger partial charge on any atom is 0.245 e. The third-order valence-corrected chi connectivity index (χ3v) is 7.09. The molecule has 1 fully saturated rings. The summed E-state index contributed by atoms with van der Waals surface area (Å²) in [6, 6.07) is 16.2. The summed E-state index contributed by atoms with van der Waals surface area (Å²) >= 11 is 0. The summed E-state index contributed by atoms with van der Waals surface area (Å²) in [4.78, 5) is 27.2. The van der Waals surface area contributed by atoms with Gasteiger partial charge in [0.1, 0.15) is 23.6 Å². The number of hydrogen-bond acceptors (Lipinski definition) is 6. The van der Waals surface area contributed by atoms with E-state index in [1.807, 2.05) is 58.8 Å². The predicted octanol–water partition coefficient (Wildman–Crippen LogP) is 6.01. The van der Waals surface area contributed by atoms with Gasteiger partial charge in [0, 0.05) is 42.3 Å². The normalized spacial score (nSPS) is 15.5. The van der Waals surface area contributed by atoms with Crippen LogP contribution in [0.4, 0.5) is 11.5 Å². The van der Waals surface area contributed by atoms with Crippen LogP contribution in [0, 0.1) is 6.92 Å². The molecule has 0 saturated carbocycles. The van der Waals surface area contributed by atoms with Crippen LogP contribution in [0.2, 0.25) is 0 Å². The van der Waals surface area contributed by atoms with Gasteiger partial charge in [-0.25, -0.2) is 15.0 Å². The van der Waals surface area contributed by atoms with E-state index >= 15 is 0 Å². The highest BCUT2D eigenvalue weighted by Gasteiger charge is 2.24. The average Bonchev–Trinajstić information content (AvgIpc) is 3.42. The number of hydrogen-bond donors (Lipinski definition) is 1. The number of amides is 1. The molecular formula is C30H28N6O2. The van der Waals surface area contributed by atoms with Crippen molar-refractivity contribution in [3.8, 4) is 11.5 Å². The molecule has 2 aromatic carbocycles. The molecule has 4 heterocycles. The first-order chi connectivity index (χ1) is 18.6. The molecule has 1 saturated heterocycles. The third-order valence-electron chi connectivity index (χ3n) is 7.09. The van der Waals surface area contributed by atoms with Gasteiger partial charge >= 0.3 is 0 Å². The zero-order valence-corrected chi connectivity index (χ0v) is 21.2. The highest BCUT2D eigenvalue weighted by Crippen LogP contribution is 2.33. The smallest absolute Gasteiger partial charge is 0.245 e. The number of piperidine rings is 1. The standard InChI is InChI=1S/C30H28N6O2/c1-3-29(37)35-11-4-5-22(17-35)21-6-8-27-26(14-21)30(33-18-32-27)34-23-7-9-28(20(2)13-23)38-25-10-12-36-19-31-16-24(36)15-25/h3,6-10,12-16,18-19,22H,1,4-5,11,17H2,2H3,(H,32,33,34). The lowest BCUT2D eigenvalue weighted by molar-refractivity contribution is -0.127. The van der Waals surface area contributed by atoms with Crippen LogP contribution in [-0.2, 0) is 4.79 Å². The molecule has 5 aromatic rings.